The Labute approximate surface area is 30.4 Å². The van der Waals surface area contributed by atoms with Crippen molar-refractivity contribution in [3.05, 3.63) is 0 Å². The van der Waals surface area contributed by atoms with Crippen LogP contribution in [-0.4, -0.2) is 6.21 Å². The van der Waals surface area contributed by atoms with Gasteiger partial charge in [-0.3, -0.25) is 0 Å². The molecule has 0 N–H and O–H groups in total. The summed E-state index contributed by atoms with van der Waals surface area (Å²) in [7, 11) is 0. The zero-order valence-electron chi connectivity index (χ0n) is 2.40. The SMILES string of the molecule is C/C=N/Cl. The van der Waals surface area contributed by atoms with Crippen molar-refractivity contribution in [1.82, 2.24) is 0 Å². The van der Waals surface area contributed by atoms with E-state index in [2.05, 4.69) is 4.51 Å². The zero-order chi connectivity index (χ0) is 3.41. The molecule has 0 fully saturated rings. The average molecular weight is 77.5 g/mol. The number of nitrogens with zero attached hydrogens (tertiary/aromatic N) is 1. The smallest absolute Gasteiger partial charge is 0.0361 e. The highest BCUT2D eigenvalue weighted by Crippen LogP contribution is 1.64. The van der Waals surface area contributed by atoms with Crippen molar-refractivity contribution in [2.24, 2.45) is 4.51 Å². The monoisotopic (exact) mass is 77.0 g/mol. The van der Waals surface area contributed by atoms with Crippen LogP contribution in [-0.2, 0) is 0 Å². The molecule has 0 aromatic rings. The lowest BCUT2D eigenvalue weighted by molar-refractivity contribution is 1.86. The lowest BCUT2D eigenvalue weighted by atomic mass is 10.9. The van der Waals surface area contributed by atoms with Crippen LogP contribution in [0.3, 0.4) is 0 Å². The Kier molecular flexibility index (Phi) is 2.93. The van der Waals surface area contributed by atoms with E-state index in [4.69, 9.17) is 11.8 Å². The highest BCUT2D eigenvalue weighted by Gasteiger charge is 1.36. The zero-order valence-corrected chi connectivity index (χ0v) is 3.16. The first kappa shape index (κ1) is 3.96. The first-order chi connectivity index (χ1) is 1.91. The Morgan fingerprint density at radius 3 is 2.25 bits per heavy atom. The van der Waals surface area contributed by atoms with Crippen molar-refractivity contribution in [2.75, 3.05) is 0 Å². The van der Waals surface area contributed by atoms with Gasteiger partial charge >= 0.3 is 0 Å². The first-order valence-electron chi connectivity index (χ1n) is 1.00. The highest BCUT2D eigenvalue weighted by atomic mass is 35.5. The molecular weight excluding hydrogens is 73.5 g/mol. The van der Waals surface area contributed by atoms with E-state index in [1.165, 1.54) is 6.21 Å². The van der Waals surface area contributed by atoms with Gasteiger partial charge in [0.15, 0.2) is 0 Å². The maximum Gasteiger partial charge on any atom is 0.0361 e. The standard InChI is InChI=1S/C2H4ClN/c1-2-4-3/h2H,1H3/b4-2+. The van der Waals surface area contributed by atoms with Crippen LogP contribution in [0, 0.1) is 0 Å². The third-order valence-electron chi connectivity index (χ3n) is 0.0976. The fourth-order valence-electron chi connectivity index (χ4n) is 0. The lowest BCUT2D eigenvalue weighted by Crippen LogP contribution is -1.39. The minimum atomic E-state index is 1.52. The van der Waals surface area contributed by atoms with E-state index in [0.29, 0.717) is 0 Å². The number of hydrogen-bond acceptors (Lipinski definition) is 1. The molecule has 0 heterocycles. The maximum atomic E-state index is 4.76. The molecule has 2 heteroatoms. The van der Waals surface area contributed by atoms with Gasteiger partial charge in [0.05, 0.1) is 0 Å². The summed E-state index contributed by atoms with van der Waals surface area (Å²) in [5.74, 6) is 0. The van der Waals surface area contributed by atoms with Gasteiger partial charge < -0.3 is 0 Å². The van der Waals surface area contributed by atoms with Gasteiger partial charge in [-0.15, -0.1) is 0 Å². The molecule has 0 bridgehead atoms. The largest absolute Gasteiger partial charge is 0.191 e. The van der Waals surface area contributed by atoms with E-state index in [0.717, 1.165) is 0 Å². The fourth-order valence-corrected chi connectivity index (χ4v) is 0. The van der Waals surface area contributed by atoms with E-state index in [-0.39, 0.29) is 0 Å². The van der Waals surface area contributed by atoms with Crippen molar-refractivity contribution in [1.29, 1.82) is 0 Å². The fraction of sp³-hybridized carbons (Fsp3) is 0.500. The number of hydrogen-bond donors (Lipinski definition) is 0. The predicted octanol–water partition coefficient (Wildman–Crippen LogP) is 1.23. The Morgan fingerprint density at radius 2 is 2.25 bits per heavy atom. The van der Waals surface area contributed by atoms with Crippen LogP contribution in [0.5, 0.6) is 0 Å². The van der Waals surface area contributed by atoms with E-state index >= 15 is 0 Å². The van der Waals surface area contributed by atoms with E-state index in [1.807, 2.05) is 0 Å². The summed E-state index contributed by atoms with van der Waals surface area (Å²) in [6, 6.07) is 0. The Morgan fingerprint density at radius 1 is 2.00 bits per heavy atom. The molecule has 0 aliphatic carbocycles. The summed E-state index contributed by atoms with van der Waals surface area (Å²) < 4.78 is 3.08. The summed E-state index contributed by atoms with van der Waals surface area (Å²) in [4.78, 5) is 0. The summed E-state index contributed by atoms with van der Waals surface area (Å²) in [6.07, 6.45) is 1.52. The summed E-state index contributed by atoms with van der Waals surface area (Å²) in [5.41, 5.74) is 0. The molecular formula is C2H4ClN. The molecule has 0 aliphatic heterocycles. The van der Waals surface area contributed by atoms with Gasteiger partial charge in [0.2, 0.25) is 0 Å². The topological polar surface area (TPSA) is 12.4 Å². The third kappa shape index (κ3) is 1.96. The third-order valence-corrected chi connectivity index (χ3v) is 0.293. The van der Waals surface area contributed by atoms with Crippen LogP contribution in [0.1, 0.15) is 6.92 Å². The summed E-state index contributed by atoms with van der Waals surface area (Å²) in [5, 5.41) is 0. The Bertz CT molecular complexity index is 21.2. The van der Waals surface area contributed by atoms with Crippen LogP contribution in [0.15, 0.2) is 4.51 Å². The second kappa shape index (κ2) is 2.96. The maximum absolute atomic E-state index is 4.76. The molecule has 0 aromatic carbocycles. The van der Waals surface area contributed by atoms with E-state index in [1.54, 1.807) is 6.92 Å². The summed E-state index contributed by atoms with van der Waals surface area (Å²) >= 11 is 4.76. The van der Waals surface area contributed by atoms with Crippen LogP contribution in [0.4, 0.5) is 0 Å². The quantitative estimate of drug-likeness (QED) is 0.386. The van der Waals surface area contributed by atoms with Gasteiger partial charge in [0, 0.05) is 18.0 Å². The molecule has 24 valence electrons. The van der Waals surface area contributed by atoms with Crippen molar-refractivity contribution >= 4 is 18.0 Å². The molecule has 0 saturated heterocycles. The normalized spacial score (nSPS) is 9.50. The van der Waals surface area contributed by atoms with Crippen molar-refractivity contribution in [2.45, 2.75) is 6.92 Å². The van der Waals surface area contributed by atoms with Gasteiger partial charge in [0.25, 0.3) is 0 Å². The molecule has 0 atom stereocenters. The second-order valence-electron chi connectivity index (χ2n) is 0.356. The van der Waals surface area contributed by atoms with Crippen molar-refractivity contribution in [3.63, 3.8) is 0 Å². The minimum absolute atomic E-state index is 1.52. The Hall–Kier alpha value is -0.0400. The average Bonchev–Trinajstić information content (AvgIpc) is 1.37. The van der Waals surface area contributed by atoms with Crippen LogP contribution < -0.4 is 0 Å². The van der Waals surface area contributed by atoms with Crippen molar-refractivity contribution < 1.29 is 0 Å². The highest BCUT2D eigenvalue weighted by molar-refractivity contribution is 6.17. The summed E-state index contributed by atoms with van der Waals surface area (Å²) in [6.45, 7) is 1.76. The van der Waals surface area contributed by atoms with E-state index < -0.39 is 0 Å². The molecule has 0 unspecified atom stereocenters. The predicted molar refractivity (Wildman–Crippen MR) is 20.0 cm³/mol. The number of halogens is 1. The molecule has 0 aromatic heterocycles. The first-order valence-corrected chi connectivity index (χ1v) is 1.34. The Balaban J connectivity index is 2.55. The van der Waals surface area contributed by atoms with Gasteiger partial charge in [-0.1, -0.05) is 0 Å². The molecule has 0 saturated carbocycles. The molecule has 4 heavy (non-hydrogen) atoms. The molecule has 0 aliphatic rings. The van der Waals surface area contributed by atoms with Gasteiger partial charge in [-0.2, -0.15) is 4.51 Å². The molecule has 1 nitrogen and oxygen atoms in total. The molecule has 0 radical (unpaired) electrons. The van der Waals surface area contributed by atoms with Crippen LogP contribution in [0.2, 0.25) is 0 Å². The van der Waals surface area contributed by atoms with E-state index in [9.17, 15) is 0 Å². The minimum Gasteiger partial charge on any atom is -0.191 e. The second-order valence-corrected chi connectivity index (χ2v) is 0.551. The van der Waals surface area contributed by atoms with Crippen LogP contribution >= 0.6 is 11.8 Å². The van der Waals surface area contributed by atoms with Crippen LogP contribution in [0.25, 0.3) is 0 Å². The lowest BCUT2D eigenvalue weighted by Gasteiger charge is -1.48. The van der Waals surface area contributed by atoms with Crippen molar-refractivity contribution in [3.8, 4) is 0 Å². The van der Waals surface area contributed by atoms with Gasteiger partial charge in [-0.25, -0.2) is 0 Å². The molecule has 0 amide bonds. The van der Waals surface area contributed by atoms with Gasteiger partial charge in [-0.05, 0) is 6.92 Å². The van der Waals surface area contributed by atoms with Gasteiger partial charge in [0.1, 0.15) is 0 Å². The number of rotatable bonds is 0. The molecule has 0 rings (SSSR count). The molecule has 0 spiro atoms.